The van der Waals surface area contributed by atoms with E-state index in [0.717, 1.165) is 26.1 Å². The van der Waals surface area contributed by atoms with Crippen molar-refractivity contribution < 1.29 is 14.7 Å². The minimum atomic E-state index is -0.898. The second kappa shape index (κ2) is 10.6. The van der Waals surface area contributed by atoms with Crippen LogP contribution in [0.3, 0.4) is 0 Å². The molecule has 0 aromatic carbocycles. The molecule has 0 heterocycles. The van der Waals surface area contributed by atoms with E-state index in [-0.39, 0.29) is 19.0 Å². The van der Waals surface area contributed by atoms with E-state index in [1.165, 1.54) is 0 Å². The van der Waals surface area contributed by atoms with Crippen LogP contribution in [0.15, 0.2) is 0 Å². The number of carboxylic acid groups (broad SMARTS) is 1. The van der Waals surface area contributed by atoms with Crippen molar-refractivity contribution in [2.75, 3.05) is 39.3 Å². The van der Waals surface area contributed by atoms with Gasteiger partial charge < -0.3 is 20.2 Å². The van der Waals surface area contributed by atoms with Gasteiger partial charge in [-0.1, -0.05) is 13.8 Å². The Hall–Kier alpha value is -1.30. The number of amides is 2. The first-order chi connectivity index (χ1) is 9.04. The monoisotopic (exact) mass is 273 g/mol. The quantitative estimate of drug-likeness (QED) is 0.628. The predicted octanol–water partition coefficient (Wildman–Crippen LogP) is 1.22. The van der Waals surface area contributed by atoms with E-state index in [2.05, 4.69) is 24.1 Å². The molecule has 0 aromatic heterocycles. The molecule has 0 bridgehead atoms. The summed E-state index contributed by atoms with van der Waals surface area (Å²) < 4.78 is 0. The topological polar surface area (TPSA) is 72.9 Å². The molecule has 2 amide bonds. The maximum absolute atomic E-state index is 11.8. The SMILES string of the molecule is CCN(CC)CCCN(CC)C(=O)NCCC(=O)O. The van der Waals surface area contributed by atoms with Gasteiger partial charge in [0, 0.05) is 19.6 Å². The number of hydrogen-bond donors (Lipinski definition) is 2. The second-order valence-corrected chi connectivity index (χ2v) is 4.34. The molecule has 6 nitrogen and oxygen atoms in total. The summed E-state index contributed by atoms with van der Waals surface area (Å²) in [4.78, 5) is 26.2. The summed E-state index contributed by atoms with van der Waals surface area (Å²) in [5.41, 5.74) is 0. The van der Waals surface area contributed by atoms with Crippen LogP contribution < -0.4 is 5.32 Å². The van der Waals surface area contributed by atoms with Gasteiger partial charge in [0.25, 0.3) is 0 Å². The Morgan fingerprint density at radius 1 is 1.05 bits per heavy atom. The number of carboxylic acids is 1. The summed E-state index contributed by atoms with van der Waals surface area (Å²) >= 11 is 0. The number of nitrogens with one attached hydrogen (secondary N) is 1. The molecule has 0 aliphatic carbocycles. The highest BCUT2D eigenvalue weighted by Gasteiger charge is 2.11. The third-order valence-electron chi connectivity index (χ3n) is 3.08. The van der Waals surface area contributed by atoms with Gasteiger partial charge >= 0.3 is 12.0 Å². The highest BCUT2D eigenvalue weighted by Crippen LogP contribution is 1.96. The molecule has 0 aliphatic rings. The van der Waals surface area contributed by atoms with Crippen LogP contribution in [-0.2, 0) is 4.79 Å². The number of hydrogen-bond acceptors (Lipinski definition) is 3. The Balaban J connectivity index is 3.91. The first kappa shape index (κ1) is 17.7. The van der Waals surface area contributed by atoms with Gasteiger partial charge in [-0.25, -0.2) is 4.79 Å². The van der Waals surface area contributed by atoms with Crippen LogP contribution in [-0.4, -0.2) is 66.2 Å². The Labute approximate surface area is 115 Å². The van der Waals surface area contributed by atoms with E-state index in [1.54, 1.807) is 4.90 Å². The Morgan fingerprint density at radius 2 is 1.68 bits per heavy atom. The number of aliphatic carboxylic acids is 1. The summed E-state index contributed by atoms with van der Waals surface area (Å²) in [6.45, 7) is 10.7. The van der Waals surface area contributed by atoms with Gasteiger partial charge in [0.1, 0.15) is 0 Å². The number of nitrogens with zero attached hydrogens (tertiary/aromatic N) is 2. The van der Waals surface area contributed by atoms with Crippen molar-refractivity contribution in [3.8, 4) is 0 Å². The lowest BCUT2D eigenvalue weighted by atomic mass is 10.3. The third-order valence-corrected chi connectivity index (χ3v) is 3.08. The van der Waals surface area contributed by atoms with Crippen LogP contribution in [0.1, 0.15) is 33.6 Å². The number of carbonyl (C=O) groups is 2. The van der Waals surface area contributed by atoms with Gasteiger partial charge in [0.15, 0.2) is 0 Å². The Bertz CT molecular complexity index is 268. The van der Waals surface area contributed by atoms with Crippen LogP contribution in [0.25, 0.3) is 0 Å². The smallest absolute Gasteiger partial charge is 0.317 e. The molecule has 0 atom stereocenters. The van der Waals surface area contributed by atoms with E-state index >= 15 is 0 Å². The van der Waals surface area contributed by atoms with Crippen molar-refractivity contribution in [3.05, 3.63) is 0 Å². The van der Waals surface area contributed by atoms with Crippen molar-refractivity contribution in [3.63, 3.8) is 0 Å². The molecule has 6 heteroatoms. The molecule has 112 valence electrons. The van der Waals surface area contributed by atoms with Crippen molar-refractivity contribution in [2.24, 2.45) is 0 Å². The molecular weight excluding hydrogens is 246 g/mol. The van der Waals surface area contributed by atoms with Gasteiger partial charge in [0.05, 0.1) is 6.42 Å². The predicted molar refractivity (Wildman–Crippen MR) is 75.3 cm³/mol. The number of carbonyl (C=O) groups excluding carboxylic acids is 1. The molecular formula is C13H27N3O3. The fraction of sp³-hybridized carbons (Fsp3) is 0.846. The van der Waals surface area contributed by atoms with Crippen molar-refractivity contribution in [1.82, 2.24) is 15.1 Å². The molecule has 0 fully saturated rings. The minimum Gasteiger partial charge on any atom is -0.481 e. The van der Waals surface area contributed by atoms with Crippen LogP contribution in [0.2, 0.25) is 0 Å². The third kappa shape index (κ3) is 8.42. The first-order valence-electron chi connectivity index (χ1n) is 7.02. The summed E-state index contributed by atoms with van der Waals surface area (Å²) in [5, 5.41) is 11.1. The van der Waals surface area contributed by atoms with Crippen LogP contribution >= 0.6 is 0 Å². The zero-order valence-corrected chi connectivity index (χ0v) is 12.3. The Kier molecular flexibility index (Phi) is 9.88. The molecule has 0 unspecified atom stereocenters. The van der Waals surface area contributed by atoms with Gasteiger partial charge in [0.2, 0.25) is 0 Å². The van der Waals surface area contributed by atoms with Crippen LogP contribution in [0.5, 0.6) is 0 Å². The zero-order chi connectivity index (χ0) is 14.7. The summed E-state index contributed by atoms with van der Waals surface area (Å²) in [5.74, 6) is -0.898. The maximum Gasteiger partial charge on any atom is 0.317 e. The number of rotatable bonds is 10. The molecule has 0 saturated carbocycles. The maximum atomic E-state index is 11.8. The molecule has 0 rings (SSSR count). The fourth-order valence-electron chi connectivity index (χ4n) is 1.82. The van der Waals surface area contributed by atoms with E-state index in [4.69, 9.17) is 5.11 Å². The largest absolute Gasteiger partial charge is 0.481 e. The van der Waals surface area contributed by atoms with Crippen LogP contribution in [0, 0.1) is 0 Å². The van der Waals surface area contributed by atoms with E-state index in [9.17, 15) is 9.59 Å². The van der Waals surface area contributed by atoms with Gasteiger partial charge in [-0.15, -0.1) is 0 Å². The zero-order valence-electron chi connectivity index (χ0n) is 12.3. The molecule has 0 spiro atoms. The Morgan fingerprint density at radius 3 is 2.16 bits per heavy atom. The minimum absolute atomic E-state index is 0.0389. The fourth-order valence-corrected chi connectivity index (χ4v) is 1.82. The average Bonchev–Trinajstić information content (AvgIpc) is 2.38. The van der Waals surface area contributed by atoms with Gasteiger partial charge in [-0.2, -0.15) is 0 Å². The lowest BCUT2D eigenvalue weighted by Crippen LogP contribution is -2.42. The van der Waals surface area contributed by atoms with Crippen molar-refractivity contribution in [1.29, 1.82) is 0 Å². The van der Waals surface area contributed by atoms with E-state index in [0.29, 0.717) is 13.1 Å². The lowest BCUT2D eigenvalue weighted by molar-refractivity contribution is -0.136. The highest BCUT2D eigenvalue weighted by atomic mass is 16.4. The highest BCUT2D eigenvalue weighted by molar-refractivity contribution is 5.75. The van der Waals surface area contributed by atoms with Gasteiger partial charge in [-0.05, 0) is 33.0 Å². The lowest BCUT2D eigenvalue weighted by Gasteiger charge is -2.23. The number of urea groups is 1. The van der Waals surface area contributed by atoms with Crippen molar-refractivity contribution in [2.45, 2.75) is 33.6 Å². The van der Waals surface area contributed by atoms with Gasteiger partial charge in [-0.3, -0.25) is 4.79 Å². The molecule has 0 aliphatic heterocycles. The molecule has 0 aromatic rings. The average molecular weight is 273 g/mol. The second-order valence-electron chi connectivity index (χ2n) is 4.34. The molecule has 0 radical (unpaired) electrons. The standard InChI is InChI=1S/C13H27N3O3/c1-4-15(5-2)10-7-11-16(6-3)13(19)14-9-8-12(17)18/h4-11H2,1-3H3,(H,14,19)(H,17,18). The molecule has 19 heavy (non-hydrogen) atoms. The normalized spacial score (nSPS) is 10.5. The van der Waals surface area contributed by atoms with E-state index < -0.39 is 5.97 Å². The first-order valence-corrected chi connectivity index (χ1v) is 7.02. The molecule has 0 saturated heterocycles. The van der Waals surface area contributed by atoms with Crippen molar-refractivity contribution >= 4 is 12.0 Å². The summed E-state index contributed by atoms with van der Waals surface area (Å²) in [7, 11) is 0. The summed E-state index contributed by atoms with van der Waals surface area (Å²) in [6, 6.07) is -0.178. The summed E-state index contributed by atoms with van der Waals surface area (Å²) in [6.07, 6.45) is 0.893. The molecule has 2 N–H and O–H groups in total. The van der Waals surface area contributed by atoms with E-state index in [1.807, 2.05) is 6.92 Å². The van der Waals surface area contributed by atoms with Crippen LogP contribution in [0.4, 0.5) is 4.79 Å².